The van der Waals surface area contributed by atoms with Crippen molar-refractivity contribution < 1.29 is 23.8 Å². The SMILES string of the molecule is C#CCCC(=O)NCCCOCCOCCOCCCNC(=O)CBr. The van der Waals surface area contributed by atoms with E-state index < -0.39 is 0 Å². The molecule has 144 valence electrons. The van der Waals surface area contributed by atoms with Crippen LogP contribution in [0.4, 0.5) is 0 Å². The van der Waals surface area contributed by atoms with Crippen molar-refractivity contribution >= 4 is 27.7 Å². The summed E-state index contributed by atoms with van der Waals surface area (Å²) in [6, 6.07) is 0. The summed E-state index contributed by atoms with van der Waals surface area (Å²) in [7, 11) is 0. The summed E-state index contributed by atoms with van der Waals surface area (Å²) in [5.41, 5.74) is 0. The first-order valence-corrected chi connectivity index (χ1v) is 9.59. The largest absolute Gasteiger partial charge is 0.379 e. The van der Waals surface area contributed by atoms with Crippen molar-refractivity contribution in [2.24, 2.45) is 0 Å². The average Bonchev–Trinajstić information content (AvgIpc) is 2.62. The molecule has 8 heteroatoms. The zero-order valence-electron chi connectivity index (χ0n) is 14.7. The van der Waals surface area contributed by atoms with E-state index in [4.69, 9.17) is 20.6 Å². The van der Waals surface area contributed by atoms with Crippen LogP contribution in [0.5, 0.6) is 0 Å². The highest BCUT2D eigenvalue weighted by atomic mass is 79.9. The van der Waals surface area contributed by atoms with Gasteiger partial charge in [0.25, 0.3) is 0 Å². The number of amides is 2. The highest BCUT2D eigenvalue weighted by Crippen LogP contribution is 1.88. The first kappa shape index (κ1) is 23.9. The molecule has 0 aromatic rings. The number of hydrogen-bond donors (Lipinski definition) is 2. The quantitative estimate of drug-likeness (QED) is 0.207. The van der Waals surface area contributed by atoms with Gasteiger partial charge in [-0.1, -0.05) is 15.9 Å². The van der Waals surface area contributed by atoms with Crippen LogP contribution in [0.2, 0.25) is 0 Å². The fourth-order valence-electron chi connectivity index (χ4n) is 1.67. The topological polar surface area (TPSA) is 85.9 Å². The van der Waals surface area contributed by atoms with Crippen LogP contribution < -0.4 is 10.6 Å². The van der Waals surface area contributed by atoms with Gasteiger partial charge in [0.1, 0.15) is 0 Å². The fraction of sp³-hybridized carbons (Fsp3) is 0.765. The molecule has 7 nitrogen and oxygen atoms in total. The van der Waals surface area contributed by atoms with Gasteiger partial charge in [-0.2, -0.15) is 0 Å². The molecular weight excluding hydrogens is 392 g/mol. The zero-order valence-corrected chi connectivity index (χ0v) is 16.3. The van der Waals surface area contributed by atoms with Gasteiger partial charge >= 0.3 is 0 Å². The predicted octanol–water partition coefficient (Wildman–Crippen LogP) is 0.857. The Morgan fingerprint density at radius 3 is 1.80 bits per heavy atom. The van der Waals surface area contributed by atoms with Crippen LogP contribution in [-0.4, -0.2) is 69.9 Å². The molecule has 0 rings (SSSR count). The van der Waals surface area contributed by atoms with E-state index in [1.165, 1.54) is 0 Å². The third kappa shape index (κ3) is 19.0. The molecule has 25 heavy (non-hydrogen) atoms. The Morgan fingerprint density at radius 1 is 0.840 bits per heavy atom. The summed E-state index contributed by atoms with van der Waals surface area (Å²) in [6.07, 6.45) is 7.47. The second-order valence-corrected chi connectivity index (χ2v) is 5.64. The third-order valence-corrected chi connectivity index (χ3v) is 3.45. The number of terminal acetylenes is 1. The van der Waals surface area contributed by atoms with Crippen LogP contribution in [-0.2, 0) is 23.8 Å². The van der Waals surface area contributed by atoms with Gasteiger partial charge in [-0.15, -0.1) is 12.3 Å². The Bertz CT molecular complexity index is 388. The molecule has 2 N–H and O–H groups in total. The van der Waals surface area contributed by atoms with E-state index in [0.717, 1.165) is 12.8 Å². The predicted molar refractivity (Wildman–Crippen MR) is 99.6 cm³/mol. The molecule has 0 aliphatic rings. The highest BCUT2D eigenvalue weighted by Gasteiger charge is 1.99. The number of nitrogens with one attached hydrogen (secondary N) is 2. The van der Waals surface area contributed by atoms with Gasteiger partial charge in [-0.05, 0) is 12.8 Å². The van der Waals surface area contributed by atoms with Crippen LogP contribution in [0.25, 0.3) is 0 Å². The van der Waals surface area contributed by atoms with Crippen molar-refractivity contribution in [1.82, 2.24) is 10.6 Å². The maximum absolute atomic E-state index is 11.3. The van der Waals surface area contributed by atoms with Gasteiger partial charge < -0.3 is 24.8 Å². The lowest BCUT2D eigenvalue weighted by Crippen LogP contribution is -2.26. The van der Waals surface area contributed by atoms with Crippen LogP contribution >= 0.6 is 15.9 Å². The van der Waals surface area contributed by atoms with Crippen molar-refractivity contribution in [3.05, 3.63) is 0 Å². The summed E-state index contributed by atoms with van der Waals surface area (Å²) in [5.74, 6) is 2.39. The normalized spacial score (nSPS) is 10.2. The summed E-state index contributed by atoms with van der Waals surface area (Å²) >= 11 is 3.08. The van der Waals surface area contributed by atoms with Gasteiger partial charge in [0.15, 0.2) is 0 Å². The Kier molecular flexibility index (Phi) is 18.3. The highest BCUT2D eigenvalue weighted by molar-refractivity contribution is 9.09. The molecule has 0 unspecified atom stereocenters. The maximum atomic E-state index is 11.3. The Morgan fingerprint density at radius 2 is 1.32 bits per heavy atom. The summed E-state index contributed by atoms with van der Waals surface area (Å²) in [4.78, 5) is 22.2. The number of alkyl halides is 1. The molecule has 0 radical (unpaired) electrons. The second-order valence-electron chi connectivity index (χ2n) is 5.08. The molecular formula is C17H29BrN2O5. The first-order chi connectivity index (χ1) is 12.2. The number of carbonyl (C=O) groups is 2. The standard InChI is InChI=1S/C17H29BrN2O5/c1-2-3-6-16(21)19-7-4-9-23-11-13-25-14-12-24-10-5-8-20-17(22)15-18/h1H,3-15H2,(H,19,21)(H,20,22). The number of rotatable bonds is 17. The molecule has 0 aromatic carbocycles. The van der Waals surface area contributed by atoms with E-state index in [-0.39, 0.29) is 11.8 Å². The van der Waals surface area contributed by atoms with Gasteiger partial charge in [0, 0.05) is 39.1 Å². The van der Waals surface area contributed by atoms with Crippen molar-refractivity contribution in [2.45, 2.75) is 25.7 Å². The molecule has 0 aliphatic carbocycles. The smallest absolute Gasteiger partial charge is 0.230 e. The van der Waals surface area contributed by atoms with Gasteiger partial charge in [-0.25, -0.2) is 0 Å². The molecule has 0 saturated carbocycles. The lowest BCUT2D eigenvalue weighted by molar-refractivity contribution is -0.121. The minimum Gasteiger partial charge on any atom is -0.379 e. The van der Waals surface area contributed by atoms with Gasteiger partial charge in [0.2, 0.25) is 11.8 Å². The molecule has 0 aromatic heterocycles. The average molecular weight is 421 g/mol. The number of halogens is 1. The van der Waals surface area contributed by atoms with Crippen LogP contribution in [0.1, 0.15) is 25.7 Å². The number of carbonyl (C=O) groups excluding carboxylic acids is 2. The number of ether oxygens (including phenoxy) is 3. The second kappa shape index (κ2) is 19.2. The van der Waals surface area contributed by atoms with E-state index in [1.54, 1.807) is 0 Å². The molecule has 0 bridgehead atoms. The number of hydrogen-bond acceptors (Lipinski definition) is 5. The zero-order chi connectivity index (χ0) is 18.6. The minimum absolute atomic E-state index is 0.0189. The lowest BCUT2D eigenvalue weighted by Gasteiger charge is -2.07. The van der Waals surface area contributed by atoms with Gasteiger partial charge in [0.05, 0.1) is 31.8 Å². The molecule has 0 heterocycles. The summed E-state index contributed by atoms with van der Waals surface area (Å²) < 4.78 is 16.1. The van der Waals surface area contributed by atoms with E-state index in [2.05, 4.69) is 32.5 Å². The van der Waals surface area contributed by atoms with Crippen molar-refractivity contribution in [1.29, 1.82) is 0 Å². The Hall–Kier alpha value is -1.14. The maximum Gasteiger partial charge on any atom is 0.230 e. The minimum atomic E-state index is -0.0215. The van der Waals surface area contributed by atoms with Gasteiger partial charge in [-0.3, -0.25) is 9.59 Å². The first-order valence-electron chi connectivity index (χ1n) is 8.46. The molecule has 0 fully saturated rings. The monoisotopic (exact) mass is 420 g/mol. The Labute approximate surface area is 158 Å². The van der Waals surface area contributed by atoms with E-state index in [1.807, 2.05) is 0 Å². The van der Waals surface area contributed by atoms with E-state index in [9.17, 15) is 9.59 Å². The van der Waals surface area contributed by atoms with Crippen molar-refractivity contribution in [2.75, 3.05) is 58.1 Å². The van der Waals surface area contributed by atoms with Crippen LogP contribution in [0, 0.1) is 12.3 Å². The molecule has 0 saturated heterocycles. The van der Waals surface area contributed by atoms with Crippen LogP contribution in [0.15, 0.2) is 0 Å². The summed E-state index contributed by atoms with van der Waals surface area (Å²) in [6.45, 7) is 4.45. The van der Waals surface area contributed by atoms with Crippen molar-refractivity contribution in [3.8, 4) is 12.3 Å². The molecule has 0 spiro atoms. The molecule has 0 atom stereocenters. The van der Waals surface area contributed by atoms with E-state index >= 15 is 0 Å². The fourth-order valence-corrected chi connectivity index (χ4v) is 1.87. The third-order valence-electron chi connectivity index (χ3n) is 2.94. The Balaban J connectivity index is 3.11. The lowest BCUT2D eigenvalue weighted by atomic mass is 10.3. The van der Waals surface area contributed by atoms with Crippen LogP contribution in [0.3, 0.4) is 0 Å². The summed E-state index contributed by atoms with van der Waals surface area (Å²) in [5, 5.41) is 5.85. The molecule has 0 aliphatic heterocycles. The van der Waals surface area contributed by atoms with E-state index in [0.29, 0.717) is 70.9 Å². The van der Waals surface area contributed by atoms with Crippen molar-refractivity contribution in [3.63, 3.8) is 0 Å². The molecule has 2 amide bonds.